The third-order valence-electron chi connectivity index (χ3n) is 3.63. The molecule has 0 radical (unpaired) electrons. The second kappa shape index (κ2) is 3.89. The fraction of sp³-hybridized carbons (Fsp3) is 0.667. The van der Waals surface area contributed by atoms with Gasteiger partial charge in [-0.2, -0.15) is 0 Å². The zero-order chi connectivity index (χ0) is 12.0. The average Bonchev–Trinajstić information content (AvgIpc) is 3.12. The third-order valence-corrected chi connectivity index (χ3v) is 3.63. The van der Waals surface area contributed by atoms with E-state index in [1.54, 1.807) is 0 Å². The molecule has 0 saturated heterocycles. The summed E-state index contributed by atoms with van der Waals surface area (Å²) in [7, 11) is 0. The summed E-state index contributed by atoms with van der Waals surface area (Å²) in [6.07, 6.45) is 3.44. The Morgan fingerprint density at radius 3 is 2.24 bits per heavy atom. The van der Waals surface area contributed by atoms with Crippen LogP contribution in [0.15, 0.2) is 6.20 Å². The lowest BCUT2D eigenvalue weighted by Crippen LogP contribution is -2.12. The van der Waals surface area contributed by atoms with Gasteiger partial charge in [-0.25, -0.2) is 18.7 Å². The number of alkyl halides is 2. The van der Waals surface area contributed by atoms with Gasteiger partial charge in [0.15, 0.2) is 0 Å². The summed E-state index contributed by atoms with van der Waals surface area (Å²) < 4.78 is 25.5. The number of nitrogens with two attached hydrogens (primary N) is 1. The van der Waals surface area contributed by atoms with Gasteiger partial charge in [0, 0.05) is 5.92 Å². The van der Waals surface area contributed by atoms with Crippen molar-refractivity contribution in [2.24, 2.45) is 11.8 Å². The largest absolute Gasteiger partial charge is 0.396 e. The highest BCUT2D eigenvalue weighted by Crippen LogP contribution is 2.53. The zero-order valence-corrected chi connectivity index (χ0v) is 9.44. The van der Waals surface area contributed by atoms with Crippen molar-refractivity contribution in [3.8, 4) is 0 Å². The van der Waals surface area contributed by atoms with E-state index in [0.717, 1.165) is 0 Å². The monoisotopic (exact) mass is 239 g/mol. The Hall–Kier alpha value is -1.26. The van der Waals surface area contributed by atoms with Crippen LogP contribution in [0.4, 0.5) is 14.5 Å². The van der Waals surface area contributed by atoms with Crippen LogP contribution in [0.25, 0.3) is 0 Å². The maximum absolute atomic E-state index is 12.7. The second-order valence-electron chi connectivity index (χ2n) is 5.07. The summed E-state index contributed by atoms with van der Waals surface area (Å²) in [6.45, 7) is 0. The van der Waals surface area contributed by atoms with E-state index >= 15 is 0 Å². The van der Waals surface area contributed by atoms with Crippen LogP contribution in [0.5, 0.6) is 0 Å². The van der Waals surface area contributed by atoms with Crippen LogP contribution in [-0.4, -0.2) is 9.97 Å². The molecule has 1 heterocycles. The van der Waals surface area contributed by atoms with Crippen LogP contribution >= 0.6 is 0 Å². The van der Waals surface area contributed by atoms with E-state index in [4.69, 9.17) is 5.73 Å². The molecule has 0 amide bonds. The zero-order valence-electron chi connectivity index (χ0n) is 9.44. The lowest BCUT2D eigenvalue weighted by molar-refractivity contribution is 0.146. The van der Waals surface area contributed by atoms with Gasteiger partial charge in [0.2, 0.25) is 0 Å². The van der Waals surface area contributed by atoms with E-state index in [1.165, 1.54) is 31.9 Å². The van der Waals surface area contributed by atoms with Crippen LogP contribution < -0.4 is 5.73 Å². The minimum Gasteiger partial charge on any atom is -0.396 e. The highest BCUT2D eigenvalue weighted by Gasteiger charge is 2.44. The van der Waals surface area contributed by atoms with Crippen LogP contribution in [0, 0.1) is 11.8 Å². The Kier molecular flexibility index (Phi) is 2.49. The van der Waals surface area contributed by atoms with E-state index < -0.39 is 6.43 Å². The van der Waals surface area contributed by atoms with Crippen molar-refractivity contribution in [1.29, 1.82) is 0 Å². The number of nitrogens with zero attached hydrogens (tertiary/aromatic N) is 2. The predicted octanol–water partition coefficient (Wildman–Crippen LogP) is 2.90. The van der Waals surface area contributed by atoms with Crippen LogP contribution in [0.2, 0.25) is 0 Å². The molecule has 17 heavy (non-hydrogen) atoms. The number of hydrogen-bond donors (Lipinski definition) is 1. The maximum atomic E-state index is 12.7. The number of halogens is 2. The molecule has 92 valence electrons. The normalized spacial score (nSPS) is 20.2. The van der Waals surface area contributed by atoms with E-state index in [-0.39, 0.29) is 17.3 Å². The molecule has 0 unspecified atom stereocenters. The molecule has 0 atom stereocenters. The van der Waals surface area contributed by atoms with Gasteiger partial charge in [-0.3, -0.25) is 0 Å². The molecule has 5 heteroatoms. The van der Waals surface area contributed by atoms with Crippen molar-refractivity contribution in [2.75, 3.05) is 5.73 Å². The molecule has 1 aromatic heterocycles. The molecule has 1 aromatic rings. The highest BCUT2D eigenvalue weighted by atomic mass is 19.3. The van der Waals surface area contributed by atoms with Crippen LogP contribution in [0.3, 0.4) is 0 Å². The van der Waals surface area contributed by atoms with Gasteiger partial charge in [-0.05, 0) is 37.5 Å². The molecule has 2 saturated carbocycles. The summed E-state index contributed by atoms with van der Waals surface area (Å²) in [4.78, 5) is 8.18. The first-order valence-corrected chi connectivity index (χ1v) is 6.07. The van der Waals surface area contributed by atoms with Gasteiger partial charge in [0.1, 0.15) is 11.5 Å². The molecule has 3 nitrogen and oxygen atoms in total. The number of hydrogen-bond acceptors (Lipinski definition) is 3. The average molecular weight is 239 g/mol. The highest BCUT2D eigenvalue weighted by molar-refractivity contribution is 5.41. The first-order chi connectivity index (χ1) is 8.16. The number of rotatable bonds is 4. The standard InChI is InChI=1S/C12H15F2N3/c13-11(14)10-8(15)5-16-12(17-10)9(6-1-2-6)7-3-4-7/h5-7,9,11H,1-4,15H2. The second-order valence-corrected chi connectivity index (χ2v) is 5.07. The third kappa shape index (κ3) is 2.10. The number of aromatic nitrogens is 2. The van der Waals surface area contributed by atoms with E-state index in [0.29, 0.717) is 17.7 Å². The SMILES string of the molecule is Nc1cnc(C(C2CC2)C2CC2)nc1C(F)F. The Bertz CT molecular complexity index is 416. The molecule has 0 bridgehead atoms. The molecule has 2 N–H and O–H groups in total. The van der Waals surface area contributed by atoms with Gasteiger partial charge in [0.25, 0.3) is 6.43 Å². The first-order valence-electron chi connectivity index (χ1n) is 6.07. The molecule has 2 aliphatic rings. The summed E-state index contributed by atoms with van der Waals surface area (Å²) in [5, 5.41) is 0. The van der Waals surface area contributed by atoms with Crippen molar-refractivity contribution in [2.45, 2.75) is 38.0 Å². The molecular formula is C12H15F2N3. The van der Waals surface area contributed by atoms with Crippen molar-refractivity contribution in [1.82, 2.24) is 9.97 Å². The van der Waals surface area contributed by atoms with Crippen molar-refractivity contribution in [3.05, 3.63) is 17.7 Å². The molecular weight excluding hydrogens is 224 g/mol. The lowest BCUT2D eigenvalue weighted by Gasteiger charge is -2.15. The van der Waals surface area contributed by atoms with Crippen molar-refractivity contribution < 1.29 is 8.78 Å². The minimum absolute atomic E-state index is 0.00547. The summed E-state index contributed by atoms with van der Waals surface area (Å²) in [5.41, 5.74) is 5.16. The Morgan fingerprint density at radius 2 is 1.76 bits per heavy atom. The van der Waals surface area contributed by atoms with Crippen LogP contribution in [0.1, 0.15) is 49.5 Å². The molecule has 0 spiro atoms. The fourth-order valence-electron chi connectivity index (χ4n) is 2.47. The molecule has 3 rings (SSSR count). The lowest BCUT2D eigenvalue weighted by atomic mass is 9.97. The fourth-order valence-corrected chi connectivity index (χ4v) is 2.47. The Morgan fingerprint density at radius 1 is 1.18 bits per heavy atom. The maximum Gasteiger partial charge on any atom is 0.282 e. The van der Waals surface area contributed by atoms with E-state index in [1.807, 2.05) is 0 Å². The summed E-state index contributed by atoms with van der Waals surface area (Å²) >= 11 is 0. The Balaban J connectivity index is 1.93. The molecule has 2 aliphatic carbocycles. The smallest absolute Gasteiger partial charge is 0.282 e. The topological polar surface area (TPSA) is 51.8 Å². The van der Waals surface area contributed by atoms with Crippen molar-refractivity contribution in [3.63, 3.8) is 0 Å². The van der Waals surface area contributed by atoms with Gasteiger partial charge >= 0.3 is 0 Å². The number of nitrogen functional groups attached to an aromatic ring is 1. The van der Waals surface area contributed by atoms with Gasteiger partial charge in [-0.15, -0.1) is 0 Å². The number of anilines is 1. The first kappa shape index (κ1) is 10.9. The summed E-state index contributed by atoms with van der Waals surface area (Å²) in [5.74, 6) is 2.08. The Labute approximate surface area is 98.4 Å². The van der Waals surface area contributed by atoms with Crippen molar-refractivity contribution >= 4 is 5.69 Å². The quantitative estimate of drug-likeness (QED) is 0.878. The molecule has 0 aromatic carbocycles. The summed E-state index contributed by atoms with van der Waals surface area (Å²) in [6, 6.07) is 0. The van der Waals surface area contributed by atoms with E-state index in [2.05, 4.69) is 9.97 Å². The molecule has 2 fully saturated rings. The molecule has 0 aliphatic heterocycles. The van der Waals surface area contributed by atoms with Gasteiger partial charge in [0.05, 0.1) is 11.9 Å². The van der Waals surface area contributed by atoms with Gasteiger partial charge in [-0.1, -0.05) is 0 Å². The minimum atomic E-state index is -2.61. The predicted molar refractivity (Wildman–Crippen MR) is 59.6 cm³/mol. The van der Waals surface area contributed by atoms with Gasteiger partial charge < -0.3 is 5.73 Å². The van der Waals surface area contributed by atoms with E-state index in [9.17, 15) is 8.78 Å². The van der Waals surface area contributed by atoms with Crippen LogP contribution in [-0.2, 0) is 0 Å².